The lowest BCUT2D eigenvalue weighted by atomic mass is 9.95. The Kier molecular flexibility index (Phi) is 6.60. The average molecular weight is 384 g/mol. The summed E-state index contributed by atoms with van der Waals surface area (Å²) in [4.78, 5) is 23.8. The Bertz CT molecular complexity index is 756. The van der Waals surface area contributed by atoms with Crippen LogP contribution in [0.25, 0.3) is 0 Å². The summed E-state index contributed by atoms with van der Waals surface area (Å²) in [5.74, 6) is -0.520. The molecule has 0 saturated carbocycles. The van der Waals surface area contributed by atoms with Gasteiger partial charge in [-0.1, -0.05) is 12.1 Å². The first-order valence-corrected chi connectivity index (χ1v) is 10.1. The quantitative estimate of drug-likeness (QED) is 0.638. The second kappa shape index (κ2) is 8.50. The van der Waals surface area contributed by atoms with Crippen LogP contribution in [0.2, 0.25) is 0 Å². The molecular formula is C17H24N2O6S. The van der Waals surface area contributed by atoms with Gasteiger partial charge in [0.15, 0.2) is 21.2 Å². The van der Waals surface area contributed by atoms with Crippen LogP contribution in [0, 0.1) is 0 Å². The predicted octanol–water partition coefficient (Wildman–Crippen LogP) is 0.0214. The summed E-state index contributed by atoms with van der Waals surface area (Å²) in [5, 5.41) is 5.80. The number of methoxy groups -OCH3 is 1. The zero-order valence-electron chi connectivity index (χ0n) is 14.9. The van der Waals surface area contributed by atoms with Crippen molar-refractivity contribution in [3.63, 3.8) is 0 Å². The van der Waals surface area contributed by atoms with Crippen molar-refractivity contribution in [3.05, 3.63) is 29.8 Å². The Hall–Kier alpha value is -2.13. The Morgan fingerprint density at radius 2 is 1.96 bits per heavy atom. The van der Waals surface area contributed by atoms with Gasteiger partial charge in [-0.25, -0.2) is 13.2 Å². The van der Waals surface area contributed by atoms with E-state index in [2.05, 4.69) is 15.4 Å². The smallest absolute Gasteiger partial charge is 0.343 e. The molecule has 26 heavy (non-hydrogen) atoms. The van der Waals surface area contributed by atoms with Gasteiger partial charge in [-0.2, -0.15) is 0 Å². The summed E-state index contributed by atoms with van der Waals surface area (Å²) in [6.07, 6.45) is 1.61. The van der Waals surface area contributed by atoms with E-state index in [1.54, 1.807) is 24.3 Å². The SMILES string of the molecule is COC(=O)COc1cccc(CNC(=O)C2(S(C)(=O)=O)CCNCC2)c1. The fourth-order valence-corrected chi connectivity index (χ4v) is 4.24. The van der Waals surface area contributed by atoms with Gasteiger partial charge < -0.3 is 20.1 Å². The summed E-state index contributed by atoms with van der Waals surface area (Å²) in [6, 6.07) is 6.86. The van der Waals surface area contributed by atoms with Crippen molar-refractivity contribution >= 4 is 21.7 Å². The molecule has 1 saturated heterocycles. The van der Waals surface area contributed by atoms with Gasteiger partial charge in [0.05, 0.1) is 7.11 Å². The van der Waals surface area contributed by atoms with E-state index in [4.69, 9.17) is 4.74 Å². The van der Waals surface area contributed by atoms with E-state index >= 15 is 0 Å². The molecule has 2 N–H and O–H groups in total. The lowest BCUT2D eigenvalue weighted by Gasteiger charge is -2.34. The van der Waals surface area contributed by atoms with E-state index in [-0.39, 0.29) is 26.0 Å². The van der Waals surface area contributed by atoms with E-state index in [0.717, 1.165) is 11.8 Å². The molecule has 0 aliphatic carbocycles. The molecule has 0 aromatic heterocycles. The minimum Gasteiger partial charge on any atom is -0.482 e. The Morgan fingerprint density at radius 3 is 2.58 bits per heavy atom. The molecule has 0 unspecified atom stereocenters. The fourth-order valence-electron chi connectivity index (χ4n) is 2.89. The highest BCUT2D eigenvalue weighted by atomic mass is 32.2. The minimum atomic E-state index is -3.55. The van der Waals surface area contributed by atoms with Gasteiger partial charge in [0.25, 0.3) is 0 Å². The zero-order chi connectivity index (χ0) is 19.2. The van der Waals surface area contributed by atoms with E-state index in [1.807, 2.05) is 0 Å². The maximum Gasteiger partial charge on any atom is 0.343 e. The van der Waals surface area contributed by atoms with Gasteiger partial charge in [0.2, 0.25) is 5.91 Å². The van der Waals surface area contributed by atoms with Crippen LogP contribution < -0.4 is 15.4 Å². The lowest BCUT2D eigenvalue weighted by Crippen LogP contribution is -2.57. The van der Waals surface area contributed by atoms with Crippen LogP contribution in [0.15, 0.2) is 24.3 Å². The van der Waals surface area contributed by atoms with E-state index in [1.165, 1.54) is 7.11 Å². The Morgan fingerprint density at radius 1 is 1.27 bits per heavy atom. The van der Waals surface area contributed by atoms with Crippen molar-refractivity contribution in [2.45, 2.75) is 24.1 Å². The third kappa shape index (κ3) is 4.73. The molecule has 1 aromatic carbocycles. The van der Waals surface area contributed by atoms with Gasteiger partial charge in [-0.15, -0.1) is 0 Å². The van der Waals surface area contributed by atoms with Crippen LogP contribution >= 0.6 is 0 Å². The van der Waals surface area contributed by atoms with Crippen LogP contribution in [0.5, 0.6) is 5.75 Å². The number of rotatable bonds is 7. The molecule has 0 atom stereocenters. The molecule has 9 heteroatoms. The van der Waals surface area contributed by atoms with Crippen LogP contribution in [-0.2, 0) is 30.7 Å². The Balaban J connectivity index is 2.03. The van der Waals surface area contributed by atoms with Crippen molar-refractivity contribution < 1.29 is 27.5 Å². The summed E-state index contributed by atoms with van der Waals surface area (Å²) in [6.45, 7) is 0.921. The summed E-state index contributed by atoms with van der Waals surface area (Å²) in [5.41, 5.74) is 0.735. The number of ether oxygens (including phenoxy) is 2. The van der Waals surface area contributed by atoms with Crippen LogP contribution in [0.4, 0.5) is 0 Å². The third-order valence-electron chi connectivity index (χ3n) is 4.47. The Labute approximate surface area is 153 Å². The molecule has 1 aromatic rings. The van der Waals surface area contributed by atoms with Gasteiger partial charge in [-0.3, -0.25) is 4.79 Å². The number of hydrogen-bond acceptors (Lipinski definition) is 7. The second-order valence-electron chi connectivity index (χ2n) is 6.21. The van der Waals surface area contributed by atoms with E-state index in [0.29, 0.717) is 18.8 Å². The van der Waals surface area contributed by atoms with Crippen molar-refractivity contribution in [2.75, 3.05) is 33.1 Å². The summed E-state index contributed by atoms with van der Waals surface area (Å²) >= 11 is 0. The van der Waals surface area contributed by atoms with Crippen molar-refractivity contribution in [1.82, 2.24) is 10.6 Å². The zero-order valence-corrected chi connectivity index (χ0v) is 15.7. The molecule has 1 fully saturated rings. The number of esters is 1. The van der Waals surface area contributed by atoms with Gasteiger partial charge in [0, 0.05) is 12.8 Å². The van der Waals surface area contributed by atoms with E-state index in [9.17, 15) is 18.0 Å². The van der Waals surface area contributed by atoms with Gasteiger partial charge in [-0.05, 0) is 43.6 Å². The lowest BCUT2D eigenvalue weighted by molar-refractivity contribution is -0.142. The topological polar surface area (TPSA) is 111 Å². The highest BCUT2D eigenvalue weighted by Gasteiger charge is 2.48. The number of sulfone groups is 1. The molecule has 1 aliphatic heterocycles. The number of hydrogen-bond donors (Lipinski definition) is 2. The standard InChI is InChI=1S/C17H24N2O6S/c1-24-15(20)12-25-14-5-3-4-13(10-14)11-19-16(21)17(26(2,22)23)6-8-18-9-7-17/h3-5,10,18H,6-9,11-12H2,1-2H3,(H,19,21). The van der Waals surface area contributed by atoms with Crippen LogP contribution in [0.3, 0.4) is 0 Å². The molecule has 0 radical (unpaired) electrons. The number of amides is 1. The maximum atomic E-state index is 12.7. The minimum absolute atomic E-state index is 0.166. The highest BCUT2D eigenvalue weighted by Crippen LogP contribution is 2.28. The largest absolute Gasteiger partial charge is 0.482 e. The summed E-state index contributed by atoms with van der Waals surface area (Å²) < 4.78 is 32.9. The normalized spacial score (nSPS) is 16.5. The maximum absolute atomic E-state index is 12.7. The van der Waals surface area contributed by atoms with Gasteiger partial charge in [0.1, 0.15) is 5.75 Å². The average Bonchev–Trinajstić information content (AvgIpc) is 2.64. The van der Waals surface area contributed by atoms with Crippen molar-refractivity contribution in [2.24, 2.45) is 0 Å². The van der Waals surface area contributed by atoms with Crippen LogP contribution in [-0.4, -0.2) is 58.1 Å². The first-order chi connectivity index (χ1) is 12.3. The number of benzene rings is 1. The molecule has 0 spiro atoms. The number of carbonyl (C=O) groups is 2. The molecule has 2 rings (SSSR count). The molecule has 144 valence electrons. The second-order valence-corrected chi connectivity index (χ2v) is 8.54. The van der Waals surface area contributed by atoms with Crippen LogP contribution in [0.1, 0.15) is 18.4 Å². The van der Waals surface area contributed by atoms with E-state index < -0.39 is 26.5 Å². The van der Waals surface area contributed by atoms with Gasteiger partial charge >= 0.3 is 5.97 Å². The molecule has 8 nitrogen and oxygen atoms in total. The third-order valence-corrected chi connectivity index (χ3v) is 6.48. The first kappa shape index (κ1) is 20.2. The van der Waals surface area contributed by atoms with Crippen molar-refractivity contribution in [3.8, 4) is 5.75 Å². The predicted molar refractivity (Wildman–Crippen MR) is 95.5 cm³/mol. The number of piperidine rings is 1. The highest BCUT2D eigenvalue weighted by molar-refractivity contribution is 7.92. The monoisotopic (exact) mass is 384 g/mol. The molecule has 1 heterocycles. The molecule has 1 amide bonds. The summed E-state index contributed by atoms with van der Waals surface area (Å²) in [7, 11) is -2.27. The molecule has 1 aliphatic rings. The number of nitrogens with one attached hydrogen (secondary N) is 2. The first-order valence-electron chi connectivity index (χ1n) is 8.26. The van der Waals surface area contributed by atoms with Crippen molar-refractivity contribution in [1.29, 1.82) is 0 Å². The fraction of sp³-hybridized carbons (Fsp3) is 0.529. The number of carbonyl (C=O) groups excluding carboxylic acids is 2. The molecule has 0 bridgehead atoms. The molecular weight excluding hydrogens is 360 g/mol.